The van der Waals surface area contributed by atoms with E-state index in [1.807, 2.05) is 6.92 Å². The van der Waals surface area contributed by atoms with E-state index in [1.165, 1.54) is 6.07 Å². The first-order chi connectivity index (χ1) is 8.87. The van der Waals surface area contributed by atoms with E-state index in [4.69, 9.17) is 0 Å². The molecule has 0 saturated carbocycles. The second kappa shape index (κ2) is 4.92. The number of carbonyl (C=O) groups is 2. The van der Waals surface area contributed by atoms with Gasteiger partial charge in [0.05, 0.1) is 11.0 Å². The molecule has 1 aliphatic rings. The summed E-state index contributed by atoms with van der Waals surface area (Å²) in [5, 5.41) is 2.68. The number of imide groups is 1. The highest BCUT2D eigenvalue weighted by Crippen LogP contribution is 2.24. The van der Waals surface area contributed by atoms with E-state index in [9.17, 15) is 14.0 Å². The largest absolute Gasteiger partial charge is 0.325 e. The second-order valence-electron chi connectivity index (χ2n) is 4.76. The van der Waals surface area contributed by atoms with Crippen molar-refractivity contribution >= 4 is 27.9 Å². The van der Waals surface area contributed by atoms with Crippen LogP contribution >= 0.6 is 15.9 Å². The number of carbonyl (C=O) groups excluding carboxylic acids is 2. The number of halogens is 2. The first kappa shape index (κ1) is 14.0. The van der Waals surface area contributed by atoms with Gasteiger partial charge in [0.2, 0.25) is 0 Å². The molecule has 0 bridgehead atoms. The number of nitrogens with one attached hydrogen (secondary N) is 1. The van der Waals surface area contributed by atoms with Crippen molar-refractivity contribution in [3.8, 4) is 0 Å². The van der Waals surface area contributed by atoms with Crippen LogP contribution in [0.3, 0.4) is 0 Å². The molecule has 1 fully saturated rings. The van der Waals surface area contributed by atoms with Gasteiger partial charge in [-0.2, -0.15) is 0 Å². The summed E-state index contributed by atoms with van der Waals surface area (Å²) in [6, 6.07) is 4.02. The standard InChI is InChI=1S/C13H14BrFN2O2/c1-3-13(2)11(18)17(12(19)16-13)7-8-4-5-10(15)9(14)6-8/h4-6H,3,7H2,1-2H3,(H,16,19). The summed E-state index contributed by atoms with van der Waals surface area (Å²) in [6.07, 6.45) is 0.529. The maximum Gasteiger partial charge on any atom is 0.325 e. The van der Waals surface area contributed by atoms with Crippen LogP contribution in [0.1, 0.15) is 25.8 Å². The third-order valence-corrected chi connectivity index (χ3v) is 3.98. The molecule has 1 aliphatic heterocycles. The normalized spacial score (nSPS) is 22.8. The van der Waals surface area contributed by atoms with E-state index in [1.54, 1.807) is 19.1 Å². The Balaban J connectivity index is 2.21. The maximum absolute atomic E-state index is 13.1. The third kappa shape index (κ3) is 2.49. The first-order valence-electron chi connectivity index (χ1n) is 5.95. The molecule has 0 aromatic heterocycles. The first-order valence-corrected chi connectivity index (χ1v) is 6.74. The molecule has 3 amide bonds. The van der Waals surface area contributed by atoms with Crippen molar-refractivity contribution in [2.75, 3.05) is 0 Å². The van der Waals surface area contributed by atoms with Crippen LogP contribution in [0.5, 0.6) is 0 Å². The van der Waals surface area contributed by atoms with Crippen molar-refractivity contribution < 1.29 is 14.0 Å². The predicted octanol–water partition coefficient (Wildman–Crippen LogP) is 2.81. The highest BCUT2D eigenvalue weighted by Gasteiger charge is 2.46. The summed E-state index contributed by atoms with van der Waals surface area (Å²) in [6.45, 7) is 3.68. The molecular formula is C13H14BrFN2O2. The number of urea groups is 1. The zero-order chi connectivity index (χ0) is 14.2. The summed E-state index contributed by atoms with van der Waals surface area (Å²) in [4.78, 5) is 25.2. The molecule has 0 radical (unpaired) electrons. The summed E-state index contributed by atoms with van der Waals surface area (Å²) >= 11 is 3.08. The van der Waals surface area contributed by atoms with Crippen LogP contribution in [0.2, 0.25) is 0 Å². The van der Waals surface area contributed by atoms with Crippen LogP contribution < -0.4 is 5.32 Å². The zero-order valence-electron chi connectivity index (χ0n) is 10.7. The maximum atomic E-state index is 13.1. The highest BCUT2D eigenvalue weighted by molar-refractivity contribution is 9.10. The molecule has 1 N–H and O–H groups in total. The quantitative estimate of drug-likeness (QED) is 0.867. The van der Waals surface area contributed by atoms with Crippen molar-refractivity contribution in [1.29, 1.82) is 0 Å². The Morgan fingerprint density at radius 3 is 2.63 bits per heavy atom. The van der Waals surface area contributed by atoms with Gasteiger partial charge in [0.1, 0.15) is 11.4 Å². The van der Waals surface area contributed by atoms with E-state index in [2.05, 4.69) is 21.2 Å². The lowest BCUT2D eigenvalue weighted by Gasteiger charge is -2.19. The van der Waals surface area contributed by atoms with Crippen LogP contribution in [0, 0.1) is 5.82 Å². The Labute approximate surface area is 119 Å². The Morgan fingerprint density at radius 1 is 1.42 bits per heavy atom. The third-order valence-electron chi connectivity index (χ3n) is 3.38. The summed E-state index contributed by atoms with van der Waals surface area (Å²) in [5.41, 5.74) is -0.147. The molecule has 102 valence electrons. The topological polar surface area (TPSA) is 49.4 Å². The zero-order valence-corrected chi connectivity index (χ0v) is 12.3. The molecule has 1 unspecified atom stereocenters. The highest BCUT2D eigenvalue weighted by atomic mass is 79.9. The molecule has 1 atom stereocenters. The molecule has 2 rings (SSSR count). The smallest absolute Gasteiger partial charge is 0.323 e. The van der Waals surface area contributed by atoms with Gasteiger partial charge in [-0.1, -0.05) is 13.0 Å². The predicted molar refractivity (Wildman–Crippen MR) is 71.9 cm³/mol. The van der Waals surface area contributed by atoms with Crippen molar-refractivity contribution in [2.24, 2.45) is 0 Å². The molecular weight excluding hydrogens is 315 g/mol. The fraction of sp³-hybridized carbons (Fsp3) is 0.385. The monoisotopic (exact) mass is 328 g/mol. The molecule has 19 heavy (non-hydrogen) atoms. The molecule has 1 saturated heterocycles. The van der Waals surface area contributed by atoms with Gasteiger partial charge >= 0.3 is 6.03 Å². The van der Waals surface area contributed by atoms with Crippen molar-refractivity contribution in [3.63, 3.8) is 0 Å². The average Bonchev–Trinajstić information content (AvgIpc) is 2.58. The molecule has 1 aromatic carbocycles. The molecule has 1 aromatic rings. The van der Waals surface area contributed by atoms with Gasteiger partial charge in [-0.25, -0.2) is 9.18 Å². The lowest BCUT2D eigenvalue weighted by atomic mass is 9.99. The van der Waals surface area contributed by atoms with Gasteiger partial charge in [0.25, 0.3) is 5.91 Å². The fourth-order valence-corrected chi connectivity index (χ4v) is 2.38. The van der Waals surface area contributed by atoms with E-state index in [0.717, 1.165) is 4.90 Å². The van der Waals surface area contributed by atoms with Crippen LogP contribution in [0.15, 0.2) is 22.7 Å². The van der Waals surface area contributed by atoms with E-state index in [0.29, 0.717) is 16.5 Å². The number of hydrogen-bond acceptors (Lipinski definition) is 2. The second-order valence-corrected chi connectivity index (χ2v) is 5.61. The number of rotatable bonds is 3. The molecule has 0 aliphatic carbocycles. The van der Waals surface area contributed by atoms with Gasteiger partial charge < -0.3 is 5.32 Å². The fourth-order valence-electron chi connectivity index (χ4n) is 1.95. The van der Waals surface area contributed by atoms with Gasteiger partial charge in [-0.05, 0) is 47.0 Å². The number of nitrogens with zero attached hydrogens (tertiary/aromatic N) is 1. The van der Waals surface area contributed by atoms with E-state index >= 15 is 0 Å². The van der Waals surface area contributed by atoms with Crippen molar-refractivity contribution in [3.05, 3.63) is 34.1 Å². The van der Waals surface area contributed by atoms with Gasteiger partial charge in [-0.15, -0.1) is 0 Å². The number of hydrogen-bond donors (Lipinski definition) is 1. The Morgan fingerprint density at radius 2 is 2.11 bits per heavy atom. The summed E-state index contributed by atoms with van der Waals surface area (Å²) in [7, 11) is 0. The molecule has 6 heteroatoms. The van der Waals surface area contributed by atoms with E-state index in [-0.39, 0.29) is 18.3 Å². The van der Waals surface area contributed by atoms with Gasteiger partial charge in [0.15, 0.2) is 0 Å². The van der Waals surface area contributed by atoms with Crippen LogP contribution in [-0.2, 0) is 11.3 Å². The van der Waals surface area contributed by atoms with Crippen LogP contribution in [0.25, 0.3) is 0 Å². The lowest BCUT2D eigenvalue weighted by Crippen LogP contribution is -2.43. The minimum absolute atomic E-state index is 0.138. The van der Waals surface area contributed by atoms with Gasteiger partial charge in [0, 0.05) is 0 Å². The Bertz CT molecular complexity index is 549. The summed E-state index contributed by atoms with van der Waals surface area (Å²) < 4.78 is 13.5. The van der Waals surface area contributed by atoms with Gasteiger partial charge in [-0.3, -0.25) is 9.69 Å². The minimum atomic E-state index is -0.839. The van der Waals surface area contributed by atoms with Crippen LogP contribution in [-0.4, -0.2) is 22.4 Å². The van der Waals surface area contributed by atoms with Crippen LogP contribution in [0.4, 0.5) is 9.18 Å². The number of amides is 3. The molecule has 0 spiro atoms. The Hall–Kier alpha value is -1.43. The average molecular weight is 329 g/mol. The Kier molecular flexibility index (Phi) is 3.62. The van der Waals surface area contributed by atoms with E-state index < -0.39 is 11.6 Å². The molecule has 1 heterocycles. The van der Waals surface area contributed by atoms with Crippen molar-refractivity contribution in [1.82, 2.24) is 10.2 Å². The lowest BCUT2D eigenvalue weighted by molar-refractivity contribution is -0.131. The molecule has 4 nitrogen and oxygen atoms in total. The SMILES string of the molecule is CCC1(C)NC(=O)N(Cc2ccc(F)c(Br)c2)C1=O. The summed E-state index contributed by atoms with van der Waals surface area (Å²) in [5.74, 6) is -0.625. The number of benzene rings is 1. The van der Waals surface area contributed by atoms with Crippen molar-refractivity contribution in [2.45, 2.75) is 32.4 Å². The minimum Gasteiger partial charge on any atom is -0.323 e.